The fourth-order valence-corrected chi connectivity index (χ4v) is 2.43. The third-order valence-corrected chi connectivity index (χ3v) is 3.66. The first kappa shape index (κ1) is 15.5. The lowest BCUT2D eigenvalue weighted by molar-refractivity contribution is 0.102. The number of rotatable bonds is 4. The summed E-state index contributed by atoms with van der Waals surface area (Å²) < 4.78 is 0. The van der Waals surface area contributed by atoms with Crippen LogP contribution < -0.4 is 11.1 Å². The molecule has 3 aromatic carbocycles. The second-order valence-corrected chi connectivity index (χ2v) is 5.28. The molecule has 24 heavy (non-hydrogen) atoms. The molecule has 118 valence electrons. The number of nitrogen functional groups attached to an aromatic ring is 1. The van der Waals surface area contributed by atoms with Crippen molar-refractivity contribution in [2.24, 2.45) is 0 Å². The molecular weight excluding hydrogens is 300 g/mol. The first-order chi connectivity index (χ1) is 11.7. The van der Waals surface area contributed by atoms with Crippen molar-refractivity contribution in [3.05, 3.63) is 95.6 Å². The van der Waals surface area contributed by atoms with E-state index in [9.17, 15) is 9.59 Å². The van der Waals surface area contributed by atoms with Gasteiger partial charge in [0.25, 0.3) is 5.91 Å². The summed E-state index contributed by atoms with van der Waals surface area (Å²) >= 11 is 0. The summed E-state index contributed by atoms with van der Waals surface area (Å²) in [6, 6.07) is 22.7. The van der Waals surface area contributed by atoms with Crippen molar-refractivity contribution in [2.45, 2.75) is 0 Å². The van der Waals surface area contributed by atoms with Crippen LogP contribution in [0.4, 0.5) is 11.4 Å². The van der Waals surface area contributed by atoms with Crippen LogP contribution in [0.15, 0.2) is 78.9 Å². The quantitative estimate of drug-likeness (QED) is 0.569. The van der Waals surface area contributed by atoms with Crippen molar-refractivity contribution >= 4 is 23.1 Å². The van der Waals surface area contributed by atoms with Crippen molar-refractivity contribution < 1.29 is 9.59 Å². The van der Waals surface area contributed by atoms with Gasteiger partial charge in [0.15, 0.2) is 5.78 Å². The van der Waals surface area contributed by atoms with Crippen LogP contribution in [0, 0.1) is 0 Å². The van der Waals surface area contributed by atoms with Crippen LogP contribution in [-0.4, -0.2) is 11.7 Å². The molecule has 0 saturated heterocycles. The number of amides is 1. The lowest BCUT2D eigenvalue weighted by Crippen LogP contribution is -2.16. The maximum Gasteiger partial charge on any atom is 0.257 e. The molecule has 0 heterocycles. The Morgan fingerprint density at radius 2 is 1.29 bits per heavy atom. The molecule has 3 rings (SSSR count). The summed E-state index contributed by atoms with van der Waals surface area (Å²) in [6.45, 7) is 0. The van der Waals surface area contributed by atoms with Gasteiger partial charge in [-0.3, -0.25) is 9.59 Å². The maximum atomic E-state index is 12.7. The standard InChI is InChI=1S/C20H16N2O2/c21-17-12-6-4-10-15(17)20(24)22-18-13-7-5-11-16(18)19(23)14-8-2-1-3-9-14/h1-13H,21H2,(H,22,24). The number of hydrogen-bond acceptors (Lipinski definition) is 3. The minimum Gasteiger partial charge on any atom is -0.398 e. The van der Waals surface area contributed by atoms with E-state index in [1.165, 1.54) is 0 Å². The molecule has 0 bridgehead atoms. The average molecular weight is 316 g/mol. The summed E-state index contributed by atoms with van der Waals surface area (Å²) in [7, 11) is 0. The fourth-order valence-electron chi connectivity index (χ4n) is 2.43. The number of carbonyl (C=O) groups excluding carboxylic acids is 2. The highest BCUT2D eigenvalue weighted by molar-refractivity contribution is 6.16. The van der Waals surface area contributed by atoms with Crippen molar-refractivity contribution in [1.82, 2.24) is 0 Å². The lowest BCUT2D eigenvalue weighted by Gasteiger charge is -2.11. The topological polar surface area (TPSA) is 72.2 Å². The predicted molar refractivity (Wildman–Crippen MR) is 95.1 cm³/mol. The Morgan fingerprint density at radius 1 is 0.708 bits per heavy atom. The van der Waals surface area contributed by atoms with Gasteiger partial charge in [0.05, 0.1) is 11.3 Å². The van der Waals surface area contributed by atoms with E-state index in [1.807, 2.05) is 6.07 Å². The van der Waals surface area contributed by atoms with Gasteiger partial charge in [-0.1, -0.05) is 54.6 Å². The van der Waals surface area contributed by atoms with Crippen LogP contribution in [0.1, 0.15) is 26.3 Å². The molecule has 4 heteroatoms. The van der Waals surface area contributed by atoms with Gasteiger partial charge in [0.1, 0.15) is 0 Å². The van der Waals surface area contributed by atoms with Gasteiger partial charge in [-0.05, 0) is 24.3 Å². The Labute approximate surface area is 139 Å². The van der Waals surface area contributed by atoms with E-state index in [2.05, 4.69) is 5.32 Å². The molecule has 0 spiro atoms. The van der Waals surface area contributed by atoms with E-state index < -0.39 is 0 Å². The minimum atomic E-state index is -0.346. The Kier molecular flexibility index (Phi) is 4.38. The SMILES string of the molecule is Nc1ccccc1C(=O)Nc1ccccc1C(=O)c1ccccc1. The Morgan fingerprint density at radius 3 is 2.00 bits per heavy atom. The van der Waals surface area contributed by atoms with Gasteiger partial charge < -0.3 is 11.1 Å². The summed E-state index contributed by atoms with van der Waals surface area (Å²) in [6.07, 6.45) is 0. The largest absolute Gasteiger partial charge is 0.398 e. The summed E-state index contributed by atoms with van der Waals surface area (Å²) in [5.41, 5.74) is 8.06. The second kappa shape index (κ2) is 6.79. The molecular formula is C20H16N2O2. The molecule has 1 amide bonds. The monoisotopic (exact) mass is 316 g/mol. The number of nitrogens with two attached hydrogens (primary N) is 1. The maximum absolute atomic E-state index is 12.7. The number of nitrogens with one attached hydrogen (secondary N) is 1. The molecule has 0 aliphatic carbocycles. The Bertz CT molecular complexity index is 889. The smallest absolute Gasteiger partial charge is 0.257 e. The van der Waals surface area contributed by atoms with Crippen LogP contribution in [0.25, 0.3) is 0 Å². The normalized spacial score (nSPS) is 10.2. The highest BCUT2D eigenvalue weighted by Gasteiger charge is 2.16. The minimum absolute atomic E-state index is 0.146. The first-order valence-corrected chi connectivity index (χ1v) is 7.51. The van der Waals surface area contributed by atoms with Gasteiger partial charge in [0, 0.05) is 16.8 Å². The van der Waals surface area contributed by atoms with Crippen LogP contribution in [0.3, 0.4) is 0 Å². The molecule has 0 aliphatic rings. The molecule has 3 aromatic rings. The van der Waals surface area contributed by atoms with E-state index in [-0.39, 0.29) is 11.7 Å². The number of ketones is 1. The average Bonchev–Trinajstić information content (AvgIpc) is 2.62. The first-order valence-electron chi connectivity index (χ1n) is 7.51. The second-order valence-electron chi connectivity index (χ2n) is 5.28. The van der Waals surface area contributed by atoms with E-state index in [4.69, 9.17) is 5.73 Å². The molecule has 4 nitrogen and oxygen atoms in total. The van der Waals surface area contributed by atoms with Crippen molar-refractivity contribution in [1.29, 1.82) is 0 Å². The van der Waals surface area contributed by atoms with Crippen LogP contribution in [0.2, 0.25) is 0 Å². The highest BCUT2D eigenvalue weighted by atomic mass is 16.2. The Balaban J connectivity index is 1.92. The molecule has 0 saturated carbocycles. The van der Waals surface area contributed by atoms with Gasteiger partial charge in [0.2, 0.25) is 0 Å². The zero-order valence-electron chi connectivity index (χ0n) is 12.9. The molecule has 0 atom stereocenters. The van der Waals surface area contributed by atoms with E-state index in [0.717, 1.165) is 0 Å². The van der Waals surface area contributed by atoms with Gasteiger partial charge >= 0.3 is 0 Å². The number of carbonyl (C=O) groups is 2. The molecule has 0 aromatic heterocycles. The van der Waals surface area contributed by atoms with Crippen molar-refractivity contribution in [2.75, 3.05) is 11.1 Å². The van der Waals surface area contributed by atoms with Crippen LogP contribution in [-0.2, 0) is 0 Å². The number of para-hydroxylation sites is 2. The van der Waals surface area contributed by atoms with Gasteiger partial charge in [-0.25, -0.2) is 0 Å². The third kappa shape index (κ3) is 3.17. The zero-order chi connectivity index (χ0) is 16.9. The third-order valence-electron chi connectivity index (χ3n) is 3.66. The summed E-state index contributed by atoms with van der Waals surface area (Å²) in [5, 5.41) is 2.78. The molecule has 3 N–H and O–H groups in total. The van der Waals surface area contributed by atoms with E-state index >= 15 is 0 Å². The van der Waals surface area contributed by atoms with Gasteiger partial charge in [-0.15, -0.1) is 0 Å². The molecule has 0 fully saturated rings. The van der Waals surface area contributed by atoms with E-state index in [0.29, 0.717) is 28.1 Å². The zero-order valence-corrected chi connectivity index (χ0v) is 12.9. The van der Waals surface area contributed by atoms with Crippen molar-refractivity contribution in [3.63, 3.8) is 0 Å². The van der Waals surface area contributed by atoms with Gasteiger partial charge in [-0.2, -0.15) is 0 Å². The molecule has 0 radical (unpaired) electrons. The number of hydrogen-bond donors (Lipinski definition) is 2. The van der Waals surface area contributed by atoms with Crippen LogP contribution >= 0.6 is 0 Å². The highest BCUT2D eigenvalue weighted by Crippen LogP contribution is 2.21. The summed E-state index contributed by atoms with van der Waals surface area (Å²) in [4.78, 5) is 25.1. The number of anilines is 2. The Hall–Kier alpha value is -3.40. The van der Waals surface area contributed by atoms with Crippen molar-refractivity contribution in [3.8, 4) is 0 Å². The van der Waals surface area contributed by atoms with E-state index in [1.54, 1.807) is 72.8 Å². The fraction of sp³-hybridized carbons (Fsp3) is 0. The molecule has 0 aliphatic heterocycles. The lowest BCUT2D eigenvalue weighted by atomic mass is 10.0. The molecule has 0 unspecified atom stereocenters. The predicted octanol–water partition coefficient (Wildman–Crippen LogP) is 3.75. The van der Waals surface area contributed by atoms with Crippen LogP contribution in [0.5, 0.6) is 0 Å². The number of benzene rings is 3. The summed E-state index contributed by atoms with van der Waals surface area (Å²) in [5.74, 6) is -0.492.